The molecule has 3 N–H and O–H groups in total. The summed E-state index contributed by atoms with van der Waals surface area (Å²) in [6, 6.07) is 10.2. The minimum atomic E-state index is 0.279. The molecule has 3 heteroatoms. The molecule has 1 heterocycles. The smallest absolute Gasteiger partial charge is 0.111 e. The van der Waals surface area contributed by atoms with E-state index in [1.54, 1.807) is 0 Å². The predicted octanol–water partition coefficient (Wildman–Crippen LogP) is 0.298. The molecule has 3 nitrogen and oxygen atoms in total. The Morgan fingerprint density at radius 1 is 1.00 bits per heavy atom. The monoisotopic (exact) mass is 135 g/mol. The molecule has 0 atom stereocenters. The second-order valence-electron chi connectivity index (χ2n) is 2.26. The molecule has 1 aliphatic heterocycles. The van der Waals surface area contributed by atoms with Gasteiger partial charge >= 0.3 is 0 Å². The van der Waals surface area contributed by atoms with Crippen LogP contribution in [0.1, 0.15) is 11.7 Å². The first-order valence-corrected chi connectivity index (χ1v) is 3.28. The van der Waals surface area contributed by atoms with Gasteiger partial charge < -0.3 is 0 Å². The van der Waals surface area contributed by atoms with Crippen LogP contribution in [-0.4, -0.2) is 0 Å². The van der Waals surface area contributed by atoms with Crippen LogP contribution in [-0.2, 0) is 0 Å². The highest BCUT2D eigenvalue weighted by atomic mass is 15.7. The van der Waals surface area contributed by atoms with Crippen LogP contribution in [0.4, 0.5) is 0 Å². The van der Waals surface area contributed by atoms with Crippen molar-refractivity contribution in [3.8, 4) is 0 Å². The largest absolute Gasteiger partial charge is 0.222 e. The van der Waals surface area contributed by atoms with Gasteiger partial charge in [-0.1, -0.05) is 30.3 Å². The fourth-order valence-corrected chi connectivity index (χ4v) is 0.956. The van der Waals surface area contributed by atoms with Gasteiger partial charge in [-0.2, -0.15) is 5.53 Å². The summed E-state index contributed by atoms with van der Waals surface area (Å²) >= 11 is 0. The van der Waals surface area contributed by atoms with E-state index in [4.69, 9.17) is 0 Å². The highest BCUT2D eigenvalue weighted by Crippen LogP contribution is 2.09. The lowest BCUT2D eigenvalue weighted by molar-refractivity contribution is 0.189. The molecule has 1 aromatic rings. The van der Waals surface area contributed by atoms with Crippen LogP contribution in [0.3, 0.4) is 0 Å². The molecule has 1 aromatic carbocycles. The first kappa shape index (κ1) is 5.85. The molecule has 52 valence electrons. The lowest BCUT2D eigenvalue weighted by Crippen LogP contribution is -2.62. The summed E-state index contributed by atoms with van der Waals surface area (Å²) in [7, 11) is 0. The Morgan fingerprint density at radius 3 is 2.20 bits per heavy atom. The first-order valence-electron chi connectivity index (χ1n) is 3.28. The zero-order valence-electron chi connectivity index (χ0n) is 5.46. The fraction of sp³-hybridized carbons (Fsp3) is 0.143. The average molecular weight is 135 g/mol. The van der Waals surface area contributed by atoms with E-state index in [1.165, 1.54) is 5.56 Å². The molecular formula is C7H9N3. The van der Waals surface area contributed by atoms with Crippen molar-refractivity contribution < 1.29 is 0 Å². The topological polar surface area (TPSA) is 36.1 Å². The maximum absolute atomic E-state index is 3.00. The van der Waals surface area contributed by atoms with Gasteiger partial charge in [-0.3, -0.25) is 0 Å². The van der Waals surface area contributed by atoms with Gasteiger partial charge in [0.05, 0.1) is 0 Å². The van der Waals surface area contributed by atoms with Crippen LogP contribution >= 0.6 is 0 Å². The van der Waals surface area contributed by atoms with Gasteiger partial charge in [0.2, 0.25) is 0 Å². The lowest BCUT2D eigenvalue weighted by Gasteiger charge is -2.30. The molecule has 1 aliphatic rings. The van der Waals surface area contributed by atoms with Crippen LogP contribution in [0.2, 0.25) is 0 Å². The molecule has 10 heavy (non-hydrogen) atoms. The Bertz CT molecular complexity index is 205. The van der Waals surface area contributed by atoms with Crippen molar-refractivity contribution in [3.05, 3.63) is 35.9 Å². The Kier molecular flexibility index (Phi) is 1.39. The van der Waals surface area contributed by atoms with Crippen molar-refractivity contribution in [2.75, 3.05) is 0 Å². The summed E-state index contributed by atoms with van der Waals surface area (Å²) in [5.74, 6) is 0. The predicted molar refractivity (Wildman–Crippen MR) is 38.6 cm³/mol. The number of hydrazine groups is 2. The van der Waals surface area contributed by atoms with Crippen LogP contribution in [0.25, 0.3) is 0 Å². The van der Waals surface area contributed by atoms with E-state index in [0.717, 1.165) is 0 Å². The van der Waals surface area contributed by atoms with Gasteiger partial charge in [0.25, 0.3) is 0 Å². The van der Waals surface area contributed by atoms with E-state index in [2.05, 4.69) is 28.5 Å². The molecule has 0 aromatic heterocycles. The van der Waals surface area contributed by atoms with Crippen LogP contribution in [0.15, 0.2) is 30.3 Å². The zero-order chi connectivity index (χ0) is 6.81. The van der Waals surface area contributed by atoms with Crippen molar-refractivity contribution in [2.24, 2.45) is 0 Å². The fourth-order valence-electron chi connectivity index (χ4n) is 0.956. The Balaban J connectivity index is 2.18. The van der Waals surface area contributed by atoms with Crippen molar-refractivity contribution in [2.45, 2.75) is 6.17 Å². The van der Waals surface area contributed by atoms with E-state index in [9.17, 15) is 0 Å². The van der Waals surface area contributed by atoms with Crippen molar-refractivity contribution in [1.29, 1.82) is 0 Å². The second-order valence-corrected chi connectivity index (χ2v) is 2.26. The van der Waals surface area contributed by atoms with Crippen LogP contribution in [0.5, 0.6) is 0 Å². The van der Waals surface area contributed by atoms with E-state index >= 15 is 0 Å². The molecule has 0 spiro atoms. The maximum Gasteiger partial charge on any atom is 0.111 e. The molecule has 0 saturated carbocycles. The molecule has 0 bridgehead atoms. The zero-order valence-corrected chi connectivity index (χ0v) is 5.46. The number of benzene rings is 1. The minimum absolute atomic E-state index is 0.279. The summed E-state index contributed by atoms with van der Waals surface area (Å²) in [5.41, 5.74) is 10.0. The second kappa shape index (κ2) is 2.38. The first-order chi connectivity index (χ1) is 4.97. The van der Waals surface area contributed by atoms with Gasteiger partial charge in [0.1, 0.15) is 6.17 Å². The summed E-state index contributed by atoms with van der Waals surface area (Å²) in [4.78, 5) is 0. The molecule has 0 radical (unpaired) electrons. The highest BCUT2D eigenvalue weighted by molar-refractivity contribution is 5.18. The van der Waals surface area contributed by atoms with Crippen LogP contribution in [0, 0.1) is 0 Å². The standard InChI is InChI=1S/C7H9N3/c1-2-4-6(5-3-1)7-8-10-9-7/h1-5,7-10H. The molecule has 1 saturated heterocycles. The summed E-state index contributed by atoms with van der Waals surface area (Å²) < 4.78 is 0. The SMILES string of the molecule is c1ccc(C2NNN2)cc1. The Labute approximate surface area is 59.4 Å². The lowest BCUT2D eigenvalue weighted by atomic mass is 10.2. The number of nitrogens with one attached hydrogen (secondary N) is 3. The third-order valence-corrected chi connectivity index (χ3v) is 1.57. The van der Waals surface area contributed by atoms with E-state index in [0.29, 0.717) is 0 Å². The van der Waals surface area contributed by atoms with E-state index in [-0.39, 0.29) is 6.17 Å². The molecule has 0 amide bonds. The third kappa shape index (κ3) is 0.903. The third-order valence-electron chi connectivity index (χ3n) is 1.57. The van der Waals surface area contributed by atoms with Gasteiger partial charge in [0, 0.05) is 0 Å². The van der Waals surface area contributed by atoms with Gasteiger partial charge in [-0.05, 0) is 5.56 Å². The van der Waals surface area contributed by atoms with E-state index in [1.807, 2.05) is 18.2 Å². The van der Waals surface area contributed by atoms with Gasteiger partial charge in [-0.15, -0.1) is 0 Å². The molecule has 0 unspecified atom stereocenters. The average Bonchev–Trinajstić information content (AvgIpc) is 1.86. The van der Waals surface area contributed by atoms with Crippen molar-refractivity contribution in [1.82, 2.24) is 16.4 Å². The quantitative estimate of drug-likeness (QED) is 0.518. The molecule has 0 aliphatic carbocycles. The highest BCUT2D eigenvalue weighted by Gasteiger charge is 2.15. The number of hydrogen-bond acceptors (Lipinski definition) is 3. The van der Waals surface area contributed by atoms with E-state index < -0.39 is 0 Å². The maximum atomic E-state index is 3.00. The summed E-state index contributed by atoms with van der Waals surface area (Å²) in [5, 5.41) is 0. The normalized spacial score (nSPS) is 18.4. The van der Waals surface area contributed by atoms with Crippen molar-refractivity contribution >= 4 is 0 Å². The number of hydrogen-bond donors (Lipinski definition) is 3. The minimum Gasteiger partial charge on any atom is -0.222 e. The summed E-state index contributed by atoms with van der Waals surface area (Å²) in [6.07, 6.45) is 0.279. The Hall–Kier alpha value is -0.900. The van der Waals surface area contributed by atoms with Crippen molar-refractivity contribution in [3.63, 3.8) is 0 Å². The molecule has 1 fully saturated rings. The van der Waals surface area contributed by atoms with Gasteiger partial charge in [0.15, 0.2) is 0 Å². The molecule has 2 rings (SSSR count). The molecular weight excluding hydrogens is 126 g/mol. The van der Waals surface area contributed by atoms with Crippen LogP contribution < -0.4 is 16.4 Å². The summed E-state index contributed by atoms with van der Waals surface area (Å²) in [6.45, 7) is 0. The van der Waals surface area contributed by atoms with Gasteiger partial charge in [-0.25, -0.2) is 10.9 Å². The number of rotatable bonds is 1. The Morgan fingerprint density at radius 2 is 1.70 bits per heavy atom.